The molecule has 0 unspecified atom stereocenters. The zero-order valence-electron chi connectivity index (χ0n) is 18.8. The van der Waals surface area contributed by atoms with Gasteiger partial charge < -0.3 is 5.32 Å². The van der Waals surface area contributed by atoms with Crippen LogP contribution in [0.4, 0.5) is 0 Å². The van der Waals surface area contributed by atoms with E-state index >= 15 is 0 Å². The number of hydrogen-bond acceptors (Lipinski definition) is 5. The summed E-state index contributed by atoms with van der Waals surface area (Å²) in [5.41, 5.74) is 2.60. The van der Waals surface area contributed by atoms with Gasteiger partial charge in [0, 0.05) is 32.6 Å². The summed E-state index contributed by atoms with van der Waals surface area (Å²) in [5.74, 6) is 0.0300. The van der Waals surface area contributed by atoms with E-state index in [4.69, 9.17) is 0 Å². The van der Waals surface area contributed by atoms with Crippen molar-refractivity contribution in [3.8, 4) is 0 Å². The van der Waals surface area contributed by atoms with E-state index in [1.807, 2.05) is 18.2 Å². The summed E-state index contributed by atoms with van der Waals surface area (Å²) < 4.78 is 29.1. The predicted octanol–water partition coefficient (Wildman–Crippen LogP) is 3.14. The smallest absolute Gasteiger partial charge is 0.243 e. The number of carbonyl (C=O) groups excluding carboxylic acids is 1. The molecule has 1 fully saturated rings. The molecule has 0 aliphatic carbocycles. The monoisotopic (exact) mass is 469 g/mol. The van der Waals surface area contributed by atoms with Crippen molar-refractivity contribution in [2.45, 2.75) is 56.4 Å². The van der Waals surface area contributed by atoms with E-state index in [9.17, 15) is 13.2 Å². The molecule has 0 atom stereocenters. The molecule has 1 N–H and O–H groups in total. The lowest BCUT2D eigenvalue weighted by Crippen LogP contribution is -2.35. The molecule has 0 bridgehead atoms. The van der Waals surface area contributed by atoms with Crippen LogP contribution in [-0.4, -0.2) is 53.3 Å². The maximum absolute atomic E-state index is 12.9. The van der Waals surface area contributed by atoms with Gasteiger partial charge in [-0.1, -0.05) is 42.0 Å². The van der Waals surface area contributed by atoms with Crippen LogP contribution in [0.1, 0.15) is 44.1 Å². The first-order chi connectivity index (χ1) is 16.0. The van der Waals surface area contributed by atoms with E-state index in [0.29, 0.717) is 44.5 Å². The first-order valence-electron chi connectivity index (χ1n) is 11.7. The van der Waals surface area contributed by atoms with Gasteiger partial charge in [0.1, 0.15) is 5.52 Å². The van der Waals surface area contributed by atoms with Gasteiger partial charge in [0.05, 0.1) is 10.4 Å². The molecular formula is C24H31N5O3S. The van der Waals surface area contributed by atoms with Gasteiger partial charge in [-0.2, -0.15) is 4.31 Å². The SMILES string of the molecule is O=C(CCCn1nnc2cc(S(=O)(=O)N3CCCCC3)ccc21)NCCCc1ccccc1. The number of carbonyl (C=O) groups is 1. The van der Waals surface area contributed by atoms with Crippen LogP contribution < -0.4 is 5.32 Å². The van der Waals surface area contributed by atoms with Crippen molar-refractivity contribution in [3.63, 3.8) is 0 Å². The Labute approximate surface area is 195 Å². The highest BCUT2D eigenvalue weighted by atomic mass is 32.2. The Morgan fingerprint density at radius 1 is 1.00 bits per heavy atom. The molecule has 1 amide bonds. The minimum atomic E-state index is -3.50. The summed E-state index contributed by atoms with van der Waals surface area (Å²) >= 11 is 0. The van der Waals surface area contributed by atoms with Crippen molar-refractivity contribution in [2.24, 2.45) is 0 Å². The second-order valence-electron chi connectivity index (χ2n) is 8.47. The highest BCUT2D eigenvalue weighted by Gasteiger charge is 2.26. The van der Waals surface area contributed by atoms with Crippen molar-refractivity contribution in [2.75, 3.05) is 19.6 Å². The molecular weight excluding hydrogens is 438 g/mol. The van der Waals surface area contributed by atoms with Crippen LogP contribution in [0.3, 0.4) is 0 Å². The molecule has 3 aromatic rings. The summed E-state index contributed by atoms with van der Waals surface area (Å²) in [6, 6.07) is 15.2. The number of amides is 1. The lowest BCUT2D eigenvalue weighted by molar-refractivity contribution is -0.121. The summed E-state index contributed by atoms with van der Waals surface area (Å²) in [5, 5.41) is 11.3. The minimum absolute atomic E-state index is 0.0300. The number of aryl methyl sites for hydroxylation is 2. The molecule has 1 saturated heterocycles. The zero-order chi connectivity index (χ0) is 23.1. The molecule has 2 heterocycles. The number of benzene rings is 2. The quantitative estimate of drug-likeness (QED) is 0.460. The highest BCUT2D eigenvalue weighted by molar-refractivity contribution is 7.89. The molecule has 1 aliphatic rings. The number of sulfonamides is 1. The van der Waals surface area contributed by atoms with Crippen LogP contribution in [0.25, 0.3) is 11.0 Å². The number of piperidine rings is 1. The minimum Gasteiger partial charge on any atom is -0.356 e. The molecule has 0 radical (unpaired) electrons. The third-order valence-electron chi connectivity index (χ3n) is 6.02. The average Bonchev–Trinajstić information content (AvgIpc) is 3.25. The Kier molecular flexibility index (Phi) is 7.72. The standard InChI is InChI=1S/C24H31N5O3S/c30-24(25-15-7-11-20-9-3-1-4-10-20)12-8-18-29-23-14-13-21(19-22(23)26-27-29)33(31,32)28-16-5-2-6-17-28/h1,3-4,9-10,13-14,19H,2,5-8,11-12,15-18H2,(H,25,30). The molecule has 1 aromatic heterocycles. The van der Waals surface area contributed by atoms with Crippen molar-refractivity contribution in [1.82, 2.24) is 24.6 Å². The van der Waals surface area contributed by atoms with E-state index in [1.165, 1.54) is 5.56 Å². The first-order valence-corrected chi connectivity index (χ1v) is 13.1. The molecule has 8 nitrogen and oxygen atoms in total. The largest absolute Gasteiger partial charge is 0.356 e. The van der Waals surface area contributed by atoms with E-state index in [2.05, 4.69) is 27.8 Å². The predicted molar refractivity (Wildman–Crippen MR) is 127 cm³/mol. The molecule has 9 heteroatoms. The second-order valence-corrected chi connectivity index (χ2v) is 10.4. The highest BCUT2D eigenvalue weighted by Crippen LogP contribution is 2.23. The van der Waals surface area contributed by atoms with Crippen molar-refractivity contribution < 1.29 is 13.2 Å². The van der Waals surface area contributed by atoms with Gasteiger partial charge in [-0.3, -0.25) is 4.79 Å². The normalized spacial score (nSPS) is 15.0. The first kappa shape index (κ1) is 23.4. The summed E-state index contributed by atoms with van der Waals surface area (Å²) in [6.45, 7) is 2.35. The summed E-state index contributed by atoms with van der Waals surface area (Å²) in [7, 11) is -3.50. The number of nitrogens with one attached hydrogen (secondary N) is 1. The fraction of sp³-hybridized carbons (Fsp3) is 0.458. The van der Waals surface area contributed by atoms with Gasteiger partial charge in [-0.25, -0.2) is 13.1 Å². The second kappa shape index (κ2) is 10.9. The van der Waals surface area contributed by atoms with Gasteiger partial charge in [0.15, 0.2) is 0 Å². The Morgan fingerprint density at radius 3 is 2.58 bits per heavy atom. The fourth-order valence-corrected chi connectivity index (χ4v) is 5.71. The Balaban J connectivity index is 1.25. The van der Waals surface area contributed by atoms with Gasteiger partial charge in [-0.15, -0.1) is 5.10 Å². The van der Waals surface area contributed by atoms with Crippen LogP contribution in [0.15, 0.2) is 53.4 Å². The zero-order valence-corrected chi connectivity index (χ0v) is 19.6. The lowest BCUT2D eigenvalue weighted by Gasteiger charge is -2.25. The van der Waals surface area contributed by atoms with Crippen LogP contribution in [0, 0.1) is 0 Å². The number of aromatic nitrogens is 3. The van der Waals surface area contributed by atoms with E-state index in [0.717, 1.165) is 37.6 Å². The molecule has 0 saturated carbocycles. The third-order valence-corrected chi connectivity index (χ3v) is 7.91. The number of fused-ring (bicyclic) bond motifs is 1. The summed E-state index contributed by atoms with van der Waals surface area (Å²) in [6.07, 6.45) is 5.78. The molecule has 33 heavy (non-hydrogen) atoms. The van der Waals surface area contributed by atoms with E-state index < -0.39 is 10.0 Å². The van der Waals surface area contributed by atoms with Crippen LogP contribution in [0.5, 0.6) is 0 Å². The molecule has 0 spiro atoms. The van der Waals surface area contributed by atoms with Crippen LogP contribution in [0.2, 0.25) is 0 Å². The molecule has 176 valence electrons. The topological polar surface area (TPSA) is 97.2 Å². The van der Waals surface area contributed by atoms with Crippen molar-refractivity contribution >= 4 is 27.0 Å². The summed E-state index contributed by atoms with van der Waals surface area (Å²) in [4.78, 5) is 12.4. The van der Waals surface area contributed by atoms with Crippen molar-refractivity contribution in [3.05, 3.63) is 54.1 Å². The Hall–Kier alpha value is -2.78. The van der Waals surface area contributed by atoms with E-state index in [-0.39, 0.29) is 10.8 Å². The van der Waals surface area contributed by atoms with E-state index in [1.54, 1.807) is 27.2 Å². The number of hydrogen-bond donors (Lipinski definition) is 1. The maximum atomic E-state index is 12.9. The maximum Gasteiger partial charge on any atom is 0.243 e. The molecule has 1 aliphatic heterocycles. The van der Waals surface area contributed by atoms with Gasteiger partial charge >= 0.3 is 0 Å². The average molecular weight is 470 g/mol. The van der Waals surface area contributed by atoms with Gasteiger partial charge in [0.2, 0.25) is 15.9 Å². The van der Waals surface area contributed by atoms with Crippen molar-refractivity contribution in [1.29, 1.82) is 0 Å². The Morgan fingerprint density at radius 2 is 1.79 bits per heavy atom. The van der Waals surface area contributed by atoms with Gasteiger partial charge in [0.25, 0.3) is 0 Å². The van der Waals surface area contributed by atoms with Gasteiger partial charge in [-0.05, 0) is 55.9 Å². The molecule has 4 rings (SSSR count). The molecule has 2 aromatic carbocycles. The lowest BCUT2D eigenvalue weighted by atomic mass is 10.1. The van der Waals surface area contributed by atoms with Crippen LogP contribution >= 0.6 is 0 Å². The number of nitrogens with zero attached hydrogens (tertiary/aromatic N) is 4. The van der Waals surface area contributed by atoms with Crippen LogP contribution in [-0.2, 0) is 27.8 Å². The third kappa shape index (κ3) is 5.97. The fourth-order valence-electron chi connectivity index (χ4n) is 4.17. The number of rotatable bonds is 10. The Bertz CT molecular complexity index is 1170.